The van der Waals surface area contributed by atoms with E-state index in [0.717, 1.165) is 16.8 Å². The molecule has 1 saturated heterocycles. The summed E-state index contributed by atoms with van der Waals surface area (Å²) in [5.74, 6) is -3.34. The molecule has 1 fully saturated rings. The molecule has 0 radical (unpaired) electrons. The monoisotopic (exact) mass is 580 g/mol. The van der Waals surface area contributed by atoms with Crippen LogP contribution in [-0.2, 0) is 16.1 Å². The summed E-state index contributed by atoms with van der Waals surface area (Å²) in [4.78, 5) is 49.1. The van der Waals surface area contributed by atoms with Crippen LogP contribution in [0.4, 0.5) is 23.2 Å². The molecule has 16 heteroatoms. The third kappa shape index (κ3) is 10.8. The first-order valence-corrected chi connectivity index (χ1v) is 11.7. The smallest absolute Gasteiger partial charge is 0.422 e. The van der Waals surface area contributed by atoms with E-state index in [2.05, 4.69) is 9.88 Å². The lowest BCUT2D eigenvalue weighted by molar-refractivity contribution is -0.153. The molecule has 0 aliphatic carbocycles. The van der Waals surface area contributed by atoms with Crippen molar-refractivity contribution in [1.29, 1.82) is 0 Å². The topological polar surface area (TPSA) is 145 Å². The number of aromatic amines is 1. The van der Waals surface area contributed by atoms with Gasteiger partial charge in [-0.1, -0.05) is 11.6 Å². The summed E-state index contributed by atoms with van der Waals surface area (Å²) in [5, 5.41) is 15.6. The van der Waals surface area contributed by atoms with Crippen molar-refractivity contribution in [1.82, 2.24) is 14.5 Å². The predicted molar refractivity (Wildman–Crippen MR) is 132 cm³/mol. The lowest BCUT2D eigenvalue weighted by Crippen LogP contribution is -2.47. The van der Waals surface area contributed by atoms with Gasteiger partial charge in [0.25, 0.3) is 5.56 Å². The van der Waals surface area contributed by atoms with Crippen LogP contribution >= 0.6 is 11.6 Å². The Labute approximate surface area is 223 Å². The number of carboxylic acid groups (broad SMARTS) is 2. The molecule has 0 unspecified atom stereocenters. The van der Waals surface area contributed by atoms with Crippen molar-refractivity contribution in [2.24, 2.45) is 0 Å². The summed E-state index contributed by atoms with van der Waals surface area (Å²) in [6.07, 6.45) is -1.70. The van der Waals surface area contributed by atoms with Crippen LogP contribution in [0.1, 0.15) is 6.42 Å². The van der Waals surface area contributed by atoms with Crippen LogP contribution in [0.5, 0.6) is 5.75 Å². The van der Waals surface area contributed by atoms with Gasteiger partial charge in [-0.05, 0) is 25.1 Å². The van der Waals surface area contributed by atoms with Crippen molar-refractivity contribution in [3.63, 3.8) is 0 Å². The first kappa shape index (κ1) is 31.4. The first-order valence-electron chi connectivity index (χ1n) is 11.3. The molecule has 3 rings (SSSR count). The number of carboxylic acids is 2. The second-order valence-electron chi connectivity index (χ2n) is 8.11. The Balaban J connectivity index is 0.000000580. The van der Waals surface area contributed by atoms with Crippen LogP contribution < -0.4 is 20.9 Å². The summed E-state index contributed by atoms with van der Waals surface area (Å²) in [7, 11) is 0. The maximum absolute atomic E-state index is 13.5. The highest BCUT2D eigenvalue weighted by Gasteiger charge is 2.29. The van der Waals surface area contributed by atoms with Gasteiger partial charge in [0.1, 0.15) is 16.6 Å². The van der Waals surface area contributed by atoms with E-state index in [9.17, 15) is 36.7 Å². The minimum absolute atomic E-state index is 0.0592. The molecule has 0 bridgehead atoms. The highest BCUT2D eigenvalue weighted by molar-refractivity contribution is 6.30. The Morgan fingerprint density at radius 2 is 1.67 bits per heavy atom. The molecule has 0 atom stereocenters. The number of hydrogen-bond acceptors (Lipinski definition) is 7. The number of halogens is 5. The molecule has 2 aromatic rings. The van der Waals surface area contributed by atoms with Gasteiger partial charge in [-0.15, -0.1) is 0 Å². The summed E-state index contributed by atoms with van der Waals surface area (Å²) in [6.45, 7) is 1.56. The van der Waals surface area contributed by atoms with Crippen molar-refractivity contribution >= 4 is 29.2 Å². The zero-order valence-corrected chi connectivity index (χ0v) is 21.0. The summed E-state index contributed by atoms with van der Waals surface area (Å²) >= 11 is 5.74. The average molecular weight is 581 g/mol. The van der Waals surface area contributed by atoms with Crippen molar-refractivity contribution in [3.05, 3.63) is 68.2 Å². The van der Waals surface area contributed by atoms with Gasteiger partial charge in [0.05, 0.1) is 5.69 Å². The Kier molecular flexibility index (Phi) is 11.5. The molecule has 2 heterocycles. The van der Waals surface area contributed by atoms with Crippen LogP contribution in [0.2, 0.25) is 5.02 Å². The Morgan fingerprint density at radius 3 is 2.23 bits per heavy atom. The predicted octanol–water partition coefficient (Wildman–Crippen LogP) is 2.19. The van der Waals surface area contributed by atoms with Gasteiger partial charge in [0, 0.05) is 57.1 Å². The van der Waals surface area contributed by atoms with E-state index in [1.54, 1.807) is 0 Å². The highest BCUT2D eigenvalue weighted by atomic mass is 35.5. The van der Waals surface area contributed by atoms with Crippen molar-refractivity contribution in [3.8, 4) is 5.75 Å². The van der Waals surface area contributed by atoms with E-state index in [1.807, 2.05) is 4.90 Å². The molecule has 0 spiro atoms. The van der Waals surface area contributed by atoms with Crippen LogP contribution in [-0.4, -0.2) is 82.1 Å². The van der Waals surface area contributed by atoms with E-state index in [1.165, 1.54) is 12.1 Å². The largest absolute Gasteiger partial charge is 0.482 e. The molecule has 39 heavy (non-hydrogen) atoms. The lowest BCUT2D eigenvalue weighted by Gasteiger charge is -2.36. The van der Waals surface area contributed by atoms with Crippen LogP contribution in [0.15, 0.2) is 46.1 Å². The van der Waals surface area contributed by atoms with E-state index in [0.29, 0.717) is 57.0 Å². The molecule has 214 valence electrons. The highest BCUT2D eigenvalue weighted by Crippen LogP contribution is 2.31. The molecular weight excluding hydrogens is 556 g/mol. The number of rotatable bonds is 9. The molecule has 1 aromatic heterocycles. The normalized spacial score (nSPS) is 14.1. The summed E-state index contributed by atoms with van der Waals surface area (Å²) < 4.78 is 56.8. The fourth-order valence-electron chi connectivity index (χ4n) is 3.52. The van der Waals surface area contributed by atoms with Gasteiger partial charge >= 0.3 is 23.8 Å². The number of H-pyrrole nitrogens is 1. The van der Waals surface area contributed by atoms with Crippen molar-refractivity contribution in [2.45, 2.75) is 19.1 Å². The standard InChI is InChI=1S/C19H21ClF4N4O3.C4H4O4/c20-14-11-25-18(30)28(17(14)29)5-1-4-26-6-8-27(9-7-26)15-3-2-13(21)10-16(15)31-12-19(22,23)24;5-3(6)1-2-4(7)8/h2-3,10-11H,1,4-9,12H2,(H,25,30);1-2H,(H,5,6)(H,7,8)/b;2-1+. The van der Waals surface area contributed by atoms with Gasteiger partial charge < -0.3 is 24.8 Å². The van der Waals surface area contributed by atoms with Crippen LogP contribution in [0.25, 0.3) is 0 Å². The zero-order chi connectivity index (χ0) is 29.2. The average Bonchev–Trinajstić information content (AvgIpc) is 2.86. The first-order chi connectivity index (χ1) is 18.3. The molecule has 1 aromatic carbocycles. The second kappa shape index (κ2) is 14.3. The van der Waals surface area contributed by atoms with Crippen molar-refractivity contribution in [2.75, 3.05) is 44.2 Å². The Morgan fingerprint density at radius 1 is 1.05 bits per heavy atom. The van der Waals surface area contributed by atoms with E-state index in [-0.39, 0.29) is 17.3 Å². The third-order valence-electron chi connectivity index (χ3n) is 5.27. The van der Waals surface area contributed by atoms with E-state index in [4.69, 9.17) is 26.6 Å². The van der Waals surface area contributed by atoms with E-state index >= 15 is 0 Å². The van der Waals surface area contributed by atoms with Gasteiger partial charge in [-0.3, -0.25) is 14.3 Å². The van der Waals surface area contributed by atoms with Crippen LogP contribution in [0, 0.1) is 5.82 Å². The number of ether oxygens (including phenoxy) is 1. The fraction of sp³-hybridized carbons (Fsp3) is 0.391. The number of alkyl halides is 3. The Bertz CT molecular complexity index is 1270. The van der Waals surface area contributed by atoms with Gasteiger partial charge in [-0.25, -0.2) is 18.8 Å². The number of carbonyl (C=O) groups is 2. The molecular formula is C23H25ClF4N4O7. The molecule has 0 saturated carbocycles. The quantitative estimate of drug-likeness (QED) is 0.300. The molecule has 11 nitrogen and oxygen atoms in total. The lowest BCUT2D eigenvalue weighted by atomic mass is 10.2. The number of nitrogens with zero attached hydrogens (tertiary/aromatic N) is 3. The minimum atomic E-state index is -4.52. The molecule has 3 N–H and O–H groups in total. The second-order valence-corrected chi connectivity index (χ2v) is 8.51. The molecule has 1 aliphatic rings. The van der Waals surface area contributed by atoms with Gasteiger partial charge in [-0.2, -0.15) is 13.2 Å². The summed E-state index contributed by atoms with van der Waals surface area (Å²) in [5.41, 5.74) is -0.665. The van der Waals surface area contributed by atoms with Gasteiger partial charge in [0.15, 0.2) is 6.61 Å². The third-order valence-corrected chi connectivity index (χ3v) is 5.54. The number of aromatic nitrogens is 2. The minimum Gasteiger partial charge on any atom is -0.482 e. The van der Waals surface area contributed by atoms with Gasteiger partial charge in [0.2, 0.25) is 0 Å². The number of aliphatic carboxylic acids is 2. The number of anilines is 1. The van der Waals surface area contributed by atoms with Crippen molar-refractivity contribution < 1.29 is 42.1 Å². The number of benzene rings is 1. The number of hydrogen-bond donors (Lipinski definition) is 3. The Hall–Kier alpha value is -3.85. The van der Waals surface area contributed by atoms with Crippen LogP contribution in [0.3, 0.4) is 0 Å². The maximum Gasteiger partial charge on any atom is 0.422 e. The maximum atomic E-state index is 13.5. The number of piperazine rings is 1. The summed E-state index contributed by atoms with van der Waals surface area (Å²) in [6, 6.07) is 3.55. The fourth-order valence-corrected chi connectivity index (χ4v) is 3.68. The zero-order valence-electron chi connectivity index (χ0n) is 20.3. The molecule has 0 amide bonds. The SMILES string of the molecule is O=C(O)/C=C/C(=O)O.O=c1[nH]cc(Cl)c(=O)n1CCCN1CCN(c2ccc(F)cc2OCC(F)(F)F)CC1. The number of nitrogens with one attached hydrogen (secondary N) is 1. The van der Waals surface area contributed by atoms with E-state index < -0.39 is 41.8 Å². The molecule has 1 aliphatic heterocycles.